The molecule has 0 bridgehead atoms. The first-order valence-corrected chi connectivity index (χ1v) is 3.84. The van der Waals surface area contributed by atoms with Gasteiger partial charge in [0.05, 0.1) is 0 Å². The van der Waals surface area contributed by atoms with Gasteiger partial charge in [-0.15, -0.1) is 0 Å². The molecule has 2 nitrogen and oxygen atoms in total. The van der Waals surface area contributed by atoms with Crippen molar-refractivity contribution in [1.82, 2.24) is 0 Å². The Morgan fingerprint density at radius 3 is 2.36 bits per heavy atom. The van der Waals surface area contributed by atoms with Crippen LogP contribution < -0.4 is 0 Å². The van der Waals surface area contributed by atoms with E-state index < -0.39 is 0 Å². The van der Waals surface area contributed by atoms with E-state index in [0.717, 1.165) is 10.0 Å². The lowest BCUT2D eigenvalue weighted by molar-refractivity contribution is 1.42. The van der Waals surface area contributed by atoms with Crippen molar-refractivity contribution in [3.05, 3.63) is 34.3 Å². The Bertz CT molecular complexity index is 277. The van der Waals surface area contributed by atoms with Crippen LogP contribution in [0.3, 0.4) is 0 Å². The van der Waals surface area contributed by atoms with Crippen LogP contribution in [-0.2, 0) is 0 Å². The minimum absolute atomic E-state index is 0.206. The maximum Gasteiger partial charge on any atom is 0.151 e. The van der Waals surface area contributed by atoms with Crippen LogP contribution in [0.25, 0.3) is 0 Å². The minimum atomic E-state index is 0.206. The number of hydrogen-bond acceptors (Lipinski definition) is 1. The van der Waals surface area contributed by atoms with Gasteiger partial charge in [0.1, 0.15) is 0 Å². The predicted molar refractivity (Wildman–Crippen MR) is 50.5 cm³/mol. The Labute approximate surface area is 73.6 Å². The van der Waals surface area contributed by atoms with Crippen molar-refractivity contribution in [2.24, 2.45) is 4.99 Å². The number of benzene rings is 1. The maximum atomic E-state index is 7.30. The van der Waals surface area contributed by atoms with E-state index in [0.29, 0.717) is 0 Å². The summed E-state index contributed by atoms with van der Waals surface area (Å²) in [6, 6.07) is 7.38. The highest BCUT2D eigenvalue weighted by Crippen LogP contribution is 2.10. The quantitative estimate of drug-likeness (QED) is 0.547. The van der Waals surface area contributed by atoms with Crippen LogP contribution in [0.2, 0.25) is 0 Å². The van der Waals surface area contributed by atoms with E-state index in [1.165, 1.54) is 0 Å². The van der Waals surface area contributed by atoms with Crippen molar-refractivity contribution >= 4 is 28.5 Å². The molecule has 0 atom stereocenters. The number of nitrogens with one attached hydrogen (secondary N) is 1. The Balaban J connectivity index is 2.98. The second kappa shape index (κ2) is 3.44. The number of halogens is 1. The molecule has 0 spiro atoms. The molecule has 0 amide bonds. The molecule has 0 saturated heterocycles. The summed E-state index contributed by atoms with van der Waals surface area (Å²) < 4.78 is 0.998. The summed E-state index contributed by atoms with van der Waals surface area (Å²) in [5, 5.41) is 7.30. The molecular weight excluding hydrogens is 204 g/mol. The molecule has 0 aliphatic rings. The maximum absolute atomic E-state index is 7.30. The van der Waals surface area contributed by atoms with E-state index in [1.807, 2.05) is 24.3 Å². The number of hydrogen-bond donors (Lipinski definition) is 1. The molecule has 1 aromatic carbocycles. The molecule has 0 aliphatic carbocycles. The van der Waals surface area contributed by atoms with Gasteiger partial charge in [0.2, 0.25) is 0 Å². The van der Waals surface area contributed by atoms with Crippen LogP contribution in [0, 0.1) is 5.41 Å². The third kappa shape index (κ3) is 1.98. The summed E-state index contributed by atoms with van der Waals surface area (Å²) >= 11 is 3.30. The van der Waals surface area contributed by atoms with E-state index in [1.54, 1.807) is 0 Å². The molecule has 56 valence electrons. The fourth-order valence-electron chi connectivity index (χ4n) is 0.699. The Kier molecular flexibility index (Phi) is 2.54. The molecule has 0 heterocycles. The number of nitrogens with zero attached hydrogens (tertiary/aromatic N) is 1. The summed E-state index contributed by atoms with van der Waals surface area (Å²) in [5.41, 5.74) is 0.781. The highest BCUT2D eigenvalue weighted by atomic mass is 79.9. The molecule has 0 saturated carbocycles. The van der Waals surface area contributed by atoms with Gasteiger partial charge in [-0.2, -0.15) is 0 Å². The van der Waals surface area contributed by atoms with Crippen LogP contribution in [0.5, 0.6) is 0 Å². The van der Waals surface area contributed by atoms with E-state index in [9.17, 15) is 0 Å². The van der Waals surface area contributed by atoms with Gasteiger partial charge in [-0.05, 0) is 18.9 Å². The first-order valence-electron chi connectivity index (χ1n) is 3.05. The first kappa shape index (κ1) is 8.14. The molecule has 1 N–H and O–H groups in total. The molecule has 1 aromatic rings. The lowest BCUT2D eigenvalue weighted by Crippen LogP contribution is -1.92. The summed E-state index contributed by atoms with van der Waals surface area (Å²) in [4.78, 5) is 3.51. The molecular formula is C8H7BrN2. The van der Waals surface area contributed by atoms with E-state index >= 15 is 0 Å². The Hall–Kier alpha value is -0.960. The van der Waals surface area contributed by atoms with Crippen LogP contribution in [0.15, 0.2) is 33.7 Å². The average molecular weight is 211 g/mol. The lowest BCUT2D eigenvalue weighted by atomic mass is 10.2. The van der Waals surface area contributed by atoms with Crippen molar-refractivity contribution in [3.8, 4) is 0 Å². The average Bonchev–Trinajstić information content (AvgIpc) is 2.05. The summed E-state index contributed by atoms with van der Waals surface area (Å²) in [6.45, 7) is 3.27. The molecule has 0 unspecified atom stereocenters. The van der Waals surface area contributed by atoms with Crippen LogP contribution in [-0.4, -0.2) is 12.6 Å². The Morgan fingerprint density at radius 2 is 1.91 bits per heavy atom. The van der Waals surface area contributed by atoms with Gasteiger partial charge in [-0.3, -0.25) is 5.41 Å². The van der Waals surface area contributed by atoms with Crippen LogP contribution in [0.1, 0.15) is 5.56 Å². The topological polar surface area (TPSA) is 36.2 Å². The SMILES string of the molecule is C=NC(=N)c1ccc(Br)cc1. The Morgan fingerprint density at radius 1 is 1.36 bits per heavy atom. The van der Waals surface area contributed by atoms with Crippen LogP contribution >= 0.6 is 15.9 Å². The van der Waals surface area contributed by atoms with Crippen LogP contribution in [0.4, 0.5) is 0 Å². The normalized spacial score (nSPS) is 9.18. The van der Waals surface area contributed by atoms with Crippen molar-refractivity contribution in [2.45, 2.75) is 0 Å². The molecule has 0 radical (unpaired) electrons. The molecule has 1 rings (SSSR count). The van der Waals surface area contributed by atoms with Gasteiger partial charge in [-0.25, -0.2) is 4.99 Å². The van der Waals surface area contributed by atoms with E-state index in [2.05, 4.69) is 27.6 Å². The standard InChI is InChI=1S/C8H7BrN2/c1-11-8(10)6-2-4-7(9)5-3-6/h2-5,10H,1H2. The van der Waals surface area contributed by atoms with E-state index in [-0.39, 0.29) is 5.84 Å². The highest BCUT2D eigenvalue weighted by Gasteiger charge is 1.95. The fraction of sp³-hybridized carbons (Fsp3) is 0. The van der Waals surface area contributed by atoms with Gasteiger partial charge >= 0.3 is 0 Å². The third-order valence-electron chi connectivity index (χ3n) is 1.28. The van der Waals surface area contributed by atoms with Gasteiger partial charge < -0.3 is 0 Å². The highest BCUT2D eigenvalue weighted by molar-refractivity contribution is 9.10. The van der Waals surface area contributed by atoms with Gasteiger partial charge in [0, 0.05) is 10.0 Å². The monoisotopic (exact) mass is 210 g/mol. The molecule has 0 aliphatic heterocycles. The van der Waals surface area contributed by atoms with Crippen molar-refractivity contribution in [2.75, 3.05) is 0 Å². The zero-order valence-electron chi connectivity index (χ0n) is 5.84. The minimum Gasteiger partial charge on any atom is -0.282 e. The predicted octanol–water partition coefficient (Wildman–Crippen LogP) is 2.48. The van der Waals surface area contributed by atoms with Crippen molar-refractivity contribution < 1.29 is 0 Å². The van der Waals surface area contributed by atoms with E-state index in [4.69, 9.17) is 5.41 Å². The largest absolute Gasteiger partial charge is 0.282 e. The van der Waals surface area contributed by atoms with Gasteiger partial charge in [-0.1, -0.05) is 28.1 Å². The summed E-state index contributed by atoms with van der Waals surface area (Å²) in [6.07, 6.45) is 0. The lowest BCUT2D eigenvalue weighted by Gasteiger charge is -1.95. The smallest absolute Gasteiger partial charge is 0.151 e. The van der Waals surface area contributed by atoms with Gasteiger partial charge in [0.15, 0.2) is 5.84 Å². The fourth-order valence-corrected chi connectivity index (χ4v) is 0.963. The number of rotatable bonds is 1. The summed E-state index contributed by atoms with van der Waals surface area (Å²) in [5.74, 6) is 0.206. The second-order valence-electron chi connectivity index (χ2n) is 2.01. The van der Waals surface area contributed by atoms with Crippen molar-refractivity contribution in [3.63, 3.8) is 0 Å². The second-order valence-corrected chi connectivity index (χ2v) is 2.93. The molecule has 11 heavy (non-hydrogen) atoms. The van der Waals surface area contributed by atoms with Crippen molar-refractivity contribution in [1.29, 1.82) is 5.41 Å². The molecule has 0 fully saturated rings. The molecule has 0 aromatic heterocycles. The summed E-state index contributed by atoms with van der Waals surface area (Å²) in [7, 11) is 0. The number of aliphatic imine (C=N–C) groups is 1. The molecule has 3 heteroatoms. The zero-order valence-corrected chi connectivity index (χ0v) is 7.43. The van der Waals surface area contributed by atoms with Gasteiger partial charge in [0.25, 0.3) is 0 Å². The number of amidine groups is 1. The third-order valence-corrected chi connectivity index (χ3v) is 1.80. The zero-order chi connectivity index (χ0) is 8.27. The first-order chi connectivity index (χ1) is 5.24.